The van der Waals surface area contributed by atoms with Gasteiger partial charge in [0.05, 0.1) is 17.8 Å². The highest BCUT2D eigenvalue weighted by Gasteiger charge is 2.25. The summed E-state index contributed by atoms with van der Waals surface area (Å²) in [5.41, 5.74) is 4.59. The highest BCUT2D eigenvalue weighted by molar-refractivity contribution is 6.33. The van der Waals surface area contributed by atoms with E-state index in [1.54, 1.807) is 4.68 Å². The van der Waals surface area contributed by atoms with E-state index >= 15 is 0 Å². The third kappa shape index (κ3) is 5.34. The van der Waals surface area contributed by atoms with Gasteiger partial charge in [0.15, 0.2) is 0 Å². The second-order valence-corrected chi connectivity index (χ2v) is 9.28. The molecule has 0 aliphatic carbocycles. The zero-order valence-corrected chi connectivity index (χ0v) is 20.0. The average molecular weight is 471 g/mol. The van der Waals surface area contributed by atoms with Crippen LogP contribution in [0.15, 0.2) is 48.5 Å². The number of aryl methyl sites for hydroxylation is 2. The Labute approximate surface area is 199 Å². The predicted molar refractivity (Wildman–Crippen MR) is 129 cm³/mol. The molecule has 2 aromatic carbocycles. The summed E-state index contributed by atoms with van der Waals surface area (Å²) < 4.78 is 1.64. The van der Waals surface area contributed by atoms with Gasteiger partial charge in [-0.05, 0) is 43.9 Å². The van der Waals surface area contributed by atoms with Crippen LogP contribution in [0, 0.1) is 13.8 Å². The largest absolute Gasteiger partial charge is 0.349 e. The summed E-state index contributed by atoms with van der Waals surface area (Å²) in [6.07, 6.45) is 1.84. The second kappa shape index (κ2) is 10.1. The average Bonchev–Trinajstić information content (AvgIpc) is 3.04. The van der Waals surface area contributed by atoms with Crippen LogP contribution in [-0.2, 0) is 13.1 Å². The summed E-state index contributed by atoms with van der Waals surface area (Å²) in [5.74, 6) is -0.157. The number of hydrogen-bond donors (Lipinski definition) is 1. The summed E-state index contributed by atoms with van der Waals surface area (Å²) in [5, 5.41) is 8.65. The van der Waals surface area contributed by atoms with Gasteiger partial charge in [0, 0.05) is 30.7 Å². The minimum Gasteiger partial charge on any atom is -0.349 e. The van der Waals surface area contributed by atoms with Gasteiger partial charge in [-0.2, -0.15) is 5.10 Å². The predicted octanol–water partition coefficient (Wildman–Crippen LogP) is 5.25. The topological polar surface area (TPSA) is 50.2 Å². The number of halogens is 2. The fraction of sp³-hybridized carbons (Fsp3) is 0.360. The van der Waals surface area contributed by atoms with Crippen molar-refractivity contribution in [2.75, 3.05) is 13.1 Å². The number of likely N-dealkylation sites (tertiary alicyclic amines) is 1. The molecule has 7 heteroatoms. The molecule has 5 nitrogen and oxygen atoms in total. The minimum absolute atomic E-state index is 0.138. The molecule has 32 heavy (non-hydrogen) atoms. The summed E-state index contributed by atoms with van der Waals surface area (Å²) in [6.45, 7) is 7.21. The zero-order valence-electron chi connectivity index (χ0n) is 18.4. The maximum Gasteiger partial charge on any atom is 0.256 e. The van der Waals surface area contributed by atoms with E-state index in [-0.39, 0.29) is 11.9 Å². The number of rotatable bonds is 6. The first-order valence-corrected chi connectivity index (χ1v) is 11.7. The fourth-order valence-electron chi connectivity index (χ4n) is 4.27. The molecule has 168 valence electrons. The van der Waals surface area contributed by atoms with E-state index < -0.39 is 0 Å². The highest BCUT2D eigenvalue weighted by Crippen LogP contribution is 2.24. The van der Waals surface area contributed by atoms with Crippen LogP contribution in [0.4, 0.5) is 0 Å². The van der Waals surface area contributed by atoms with Crippen LogP contribution in [0.25, 0.3) is 0 Å². The lowest BCUT2D eigenvalue weighted by Crippen LogP contribution is -2.44. The first kappa shape index (κ1) is 22.8. The van der Waals surface area contributed by atoms with Gasteiger partial charge in [0.25, 0.3) is 5.91 Å². The van der Waals surface area contributed by atoms with Crippen molar-refractivity contribution in [3.63, 3.8) is 0 Å². The zero-order chi connectivity index (χ0) is 22.7. The number of piperidine rings is 1. The molecule has 1 fully saturated rings. The summed E-state index contributed by atoms with van der Waals surface area (Å²) in [6, 6.07) is 16.3. The molecule has 0 saturated carbocycles. The molecule has 1 aliphatic heterocycles. The van der Waals surface area contributed by atoms with Crippen LogP contribution in [0.5, 0.6) is 0 Å². The lowest BCUT2D eigenvalue weighted by atomic mass is 10.0. The van der Waals surface area contributed by atoms with Gasteiger partial charge in [-0.3, -0.25) is 9.69 Å². The van der Waals surface area contributed by atoms with Crippen molar-refractivity contribution in [1.82, 2.24) is 20.0 Å². The summed E-state index contributed by atoms with van der Waals surface area (Å²) in [7, 11) is 0. The third-order valence-corrected chi connectivity index (χ3v) is 6.73. The van der Waals surface area contributed by atoms with Crippen LogP contribution in [0.2, 0.25) is 10.2 Å². The Morgan fingerprint density at radius 1 is 1.06 bits per heavy atom. The molecular formula is C25H28Cl2N4O. The number of amides is 1. The van der Waals surface area contributed by atoms with E-state index in [0.29, 0.717) is 28.0 Å². The maximum absolute atomic E-state index is 13.0. The van der Waals surface area contributed by atoms with Gasteiger partial charge in [0.2, 0.25) is 0 Å². The molecule has 0 bridgehead atoms. The number of aromatic nitrogens is 2. The Hall–Kier alpha value is -2.34. The number of hydrogen-bond acceptors (Lipinski definition) is 3. The van der Waals surface area contributed by atoms with Crippen LogP contribution < -0.4 is 5.32 Å². The number of benzene rings is 2. The van der Waals surface area contributed by atoms with E-state index in [2.05, 4.69) is 46.5 Å². The van der Waals surface area contributed by atoms with Crippen molar-refractivity contribution in [3.05, 3.63) is 86.7 Å². The highest BCUT2D eigenvalue weighted by atomic mass is 35.5. The molecular weight excluding hydrogens is 443 g/mol. The van der Waals surface area contributed by atoms with Gasteiger partial charge in [0.1, 0.15) is 5.15 Å². The van der Waals surface area contributed by atoms with Crippen molar-refractivity contribution in [1.29, 1.82) is 0 Å². The number of nitrogens with zero attached hydrogens (tertiary/aromatic N) is 3. The lowest BCUT2D eigenvalue weighted by Gasteiger charge is -2.32. The van der Waals surface area contributed by atoms with E-state index in [4.69, 9.17) is 23.2 Å². The second-order valence-electron chi connectivity index (χ2n) is 8.51. The first-order chi connectivity index (χ1) is 15.4. The molecule has 0 atom stereocenters. The van der Waals surface area contributed by atoms with E-state index in [9.17, 15) is 4.79 Å². The van der Waals surface area contributed by atoms with Crippen LogP contribution in [0.1, 0.15) is 45.6 Å². The van der Waals surface area contributed by atoms with Gasteiger partial charge < -0.3 is 5.32 Å². The van der Waals surface area contributed by atoms with E-state index in [0.717, 1.165) is 38.0 Å². The van der Waals surface area contributed by atoms with Crippen LogP contribution in [0.3, 0.4) is 0 Å². The molecule has 3 aromatic rings. The normalized spacial score (nSPS) is 15.1. The summed E-state index contributed by atoms with van der Waals surface area (Å²) >= 11 is 12.8. The maximum atomic E-state index is 13.0. The van der Waals surface area contributed by atoms with E-state index in [1.165, 1.54) is 11.1 Å². The number of nitrogens with one attached hydrogen (secondary N) is 1. The quantitative estimate of drug-likeness (QED) is 0.535. The Bertz CT molecular complexity index is 1100. The Morgan fingerprint density at radius 3 is 2.53 bits per heavy atom. The van der Waals surface area contributed by atoms with Crippen molar-refractivity contribution in [2.45, 2.75) is 45.8 Å². The smallest absolute Gasteiger partial charge is 0.256 e. The molecule has 4 rings (SSSR count). The van der Waals surface area contributed by atoms with Crippen molar-refractivity contribution < 1.29 is 4.79 Å². The molecule has 0 unspecified atom stereocenters. The molecule has 1 N–H and O–H groups in total. The van der Waals surface area contributed by atoms with Crippen molar-refractivity contribution in [3.8, 4) is 0 Å². The fourth-order valence-corrected chi connectivity index (χ4v) is 4.78. The van der Waals surface area contributed by atoms with Gasteiger partial charge in [-0.25, -0.2) is 4.68 Å². The SMILES string of the molecule is Cc1cccc(CN2CCC(NC(=O)c3c(C)nn(Cc4ccccc4Cl)c3Cl)CC2)c1. The van der Waals surface area contributed by atoms with Gasteiger partial charge in [-0.1, -0.05) is 71.2 Å². The molecule has 1 saturated heterocycles. The molecule has 1 aromatic heterocycles. The molecule has 0 radical (unpaired) electrons. The first-order valence-electron chi connectivity index (χ1n) is 11.0. The van der Waals surface area contributed by atoms with Crippen molar-refractivity contribution >= 4 is 29.1 Å². The van der Waals surface area contributed by atoms with Gasteiger partial charge >= 0.3 is 0 Å². The number of carbonyl (C=O) groups is 1. The molecule has 2 heterocycles. The molecule has 0 spiro atoms. The minimum atomic E-state index is -0.157. The number of carbonyl (C=O) groups excluding carboxylic acids is 1. The lowest BCUT2D eigenvalue weighted by molar-refractivity contribution is 0.0908. The standard InChI is InChI=1S/C25H28Cl2N4O/c1-17-6-5-7-19(14-17)15-30-12-10-21(11-13-30)28-25(32)23-18(2)29-31(24(23)27)16-20-8-3-4-9-22(20)26/h3-9,14,21H,10-13,15-16H2,1-2H3,(H,28,32). The Kier molecular flexibility index (Phi) is 7.19. The molecule has 1 aliphatic rings. The summed E-state index contributed by atoms with van der Waals surface area (Å²) in [4.78, 5) is 15.5. The molecule has 1 amide bonds. The Morgan fingerprint density at radius 2 is 1.81 bits per heavy atom. The Balaban J connectivity index is 1.35. The third-order valence-electron chi connectivity index (χ3n) is 5.98. The van der Waals surface area contributed by atoms with Crippen LogP contribution in [-0.4, -0.2) is 39.7 Å². The van der Waals surface area contributed by atoms with Crippen molar-refractivity contribution in [2.24, 2.45) is 0 Å². The van der Waals surface area contributed by atoms with Gasteiger partial charge in [-0.15, -0.1) is 0 Å². The monoisotopic (exact) mass is 470 g/mol. The van der Waals surface area contributed by atoms with E-state index in [1.807, 2.05) is 31.2 Å². The van der Waals surface area contributed by atoms with Crippen LogP contribution >= 0.6 is 23.2 Å².